The van der Waals surface area contributed by atoms with Crippen molar-refractivity contribution in [3.05, 3.63) is 54.1 Å². The molecule has 0 aliphatic rings. The van der Waals surface area contributed by atoms with Gasteiger partial charge in [-0.05, 0) is 43.3 Å². The van der Waals surface area contributed by atoms with Crippen molar-refractivity contribution in [2.75, 3.05) is 38.2 Å². The molecule has 0 spiro atoms. The highest BCUT2D eigenvalue weighted by Crippen LogP contribution is 2.31. The summed E-state index contributed by atoms with van der Waals surface area (Å²) in [6.45, 7) is 7.72. The number of thiazole rings is 1. The number of aryl methyl sites for hydroxylation is 1. The zero-order valence-corrected chi connectivity index (χ0v) is 18.2. The molecule has 0 saturated carbocycles. The number of hydrogen-bond donors (Lipinski definition) is 0. The molecular formula is C23H29N3O2S. The summed E-state index contributed by atoms with van der Waals surface area (Å²) in [6.07, 6.45) is 1.21. The minimum absolute atomic E-state index is 0.118. The zero-order chi connectivity index (χ0) is 20.6. The van der Waals surface area contributed by atoms with Gasteiger partial charge in [-0.3, -0.25) is 9.69 Å². The lowest BCUT2D eigenvalue weighted by molar-refractivity contribution is -0.118. The number of ether oxygens (including phenoxy) is 1. The number of methoxy groups -OCH3 is 1. The van der Waals surface area contributed by atoms with Crippen molar-refractivity contribution >= 4 is 32.6 Å². The van der Waals surface area contributed by atoms with Gasteiger partial charge in [0.2, 0.25) is 5.91 Å². The number of anilines is 1. The van der Waals surface area contributed by atoms with E-state index in [1.54, 1.807) is 18.4 Å². The summed E-state index contributed by atoms with van der Waals surface area (Å²) in [4.78, 5) is 22.1. The Morgan fingerprint density at radius 1 is 1.07 bits per heavy atom. The van der Waals surface area contributed by atoms with Crippen molar-refractivity contribution in [1.82, 2.24) is 9.88 Å². The quantitative estimate of drug-likeness (QED) is 0.489. The van der Waals surface area contributed by atoms with E-state index in [1.807, 2.05) is 41.3 Å². The van der Waals surface area contributed by atoms with Gasteiger partial charge in [0.25, 0.3) is 0 Å². The van der Waals surface area contributed by atoms with Gasteiger partial charge in [-0.15, -0.1) is 0 Å². The number of nitrogens with zero attached hydrogens (tertiary/aromatic N) is 3. The van der Waals surface area contributed by atoms with Gasteiger partial charge in [0, 0.05) is 19.5 Å². The van der Waals surface area contributed by atoms with Crippen LogP contribution in [0.5, 0.6) is 5.75 Å². The highest BCUT2D eigenvalue weighted by Gasteiger charge is 2.20. The van der Waals surface area contributed by atoms with Crippen LogP contribution in [0.3, 0.4) is 0 Å². The van der Waals surface area contributed by atoms with E-state index in [9.17, 15) is 4.79 Å². The highest BCUT2D eigenvalue weighted by molar-refractivity contribution is 7.22. The van der Waals surface area contributed by atoms with Gasteiger partial charge in [0.05, 0.1) is 17.3 Å². The topological polar surface area (TPSA) is 45.7 Å². The summed E-state index contributed by atoms with van der Waals surface area (Å²) in [5.41, 5.74) is 2.08. The number of carbonyl (C=O) groups is 1. The van der Waals surface area contributed by atoms with E-state index >= 15 is 0 Å². The van der Waals surface area contributed by atoms with Crippen molar-refractivity contribution < 1.29 is 9.53 Å². The standard InChI is InChI=1S/C23H29N3O2S/c1-4-25(5-2)15-16-26(22(27)14-11-18-9-7-6-8-10-18)23-24-20-13-12-19(28-3)17-21(20)29-23/h6-10,12-13,17H,4-5,11,14-16H2,1-3H3. The Morgan fingerprint density at radius 3 is 2.52 bits per heavy atom. The largest absolute Gasteiger partial charge is 0.497 e. The molecule has 0 N–H and O–H groups in total. The summed E-state index contributed by atoms with van der Waals surface area (Å²) in [5.74, 6) is 0.921. The van der Waals surface area contributed by atoms with Crippen LogP contribution >= 0.6 is 11.3 Å². The Morgan fingerprint density at radius 2 is 1.83 bits per heavy atom. The molecule has 0 aliphatic carbocycles. The molecule has 0 bridgehead atoms. The maximum atomic E-state index is 13.2. The molecule has 1 amide bonds. The molecule has 3 aromatic rings. The van der Waals surface area contributed by atoms with Crippen molar-refractivity contribution in [2.24, 2.45) is 0 Å². The van der Waals surface area contributed by atoms with Gasteiger partial charge in [0.1, 0.15) is 5.75 Å². The van der Waals surface area contributed by atoms with Crippen molar-refractivity contribution in [3.63, 3.8) is 0 Å². The number of benzene rings is 2. The predicted molar refractivity (Wildman–Crippen MR) is 121 cm³/mol. The molecule has 0 radical (unpaired) electrons. The second-order valence-electron chi connectivity index (χ2n) is 6.89. The van der Waals surface area contributed by atoms with E-state index in [0.29, 0.717) is 13.0 Å². The van der Waals surface area contributed by atoms with Crippen LogP contribution < -0.4 is 9.64 Å². The first-order valence-electron chi connectivity index (χ1n) is 10.2. The molecule has 2 aromatic carbocycles. The van der Waals surface area contributed by atoms with Crippen LogP contribution in [-0.4, -0.2) is 49.1 Å². The smallest absolute Gasteiger partial charge is 0.229 e. The molecular weight excluding hydrogens is 382 g/mol. The monoisotopic (exact) mass is 411 g/mol. The number of carbonyl (C=O) groups excluding carboxylic acids is 1. The summed E-state index contributed by atoms with van der Waals surface area (Å²) in [6, 6.07) is 16.0. The molecule has 3 rings (SSSR count). The molecule has 0 unspecified atom stereocenters. The third-order valence-corrected chi connectivity index (χ3v) is 6.16. The van der Waals surface area contributed by atoms with Crippen LogP contribution in [0, 0.1) is 0 Å². The fourth-order valence-corrected chi connectivity index (χ4v) is 4.31. The number of hydrogen-bond acceptors (Lipinski definition) is 5. The molecule has 154 valence electrons. The molecule has 6 heteroatoms. The van der Waals surface area contributed by atoms with E-state index in [-0.39, 0.29) is 5.91 Å². The Balaban J connectivity index is 1.80. The lowest BCUT2D eigenvalue weighted by atomic mass is 10.1. The molecule has 29 heavy (non-hydrogen) atoms. The molecule has 1 heterocycles. The first-order valence-corrected chi connectivity index (χ1v) is 11.0. The third kappa shape index (κ3) is 5.55. The van der Waals surface area contributed by atoms with Gasteiger partial charge in [-0.1, -0.05) is 55.5 Å². The van der Waals surface area contributed by atoms with Gasteiger partial charge in [-0.2, -0.15) is 0 Å². The van der Waals surface area contributed by atoms with E-state index in [0.717, 1.165) is 47.2 Å². The highest BCUT2D eigenvalue weighted by atomic mass is 32.1. The number of amides is 1. The second-order valence-corrected chi connectivity index (χ2v) is 7.90. The van der Waals surface area contributed by atoms with Gasteiger partial charge < -0.3 is 9.64 Å². The summed E-state index contributed by atoms with van der Waals surface area (Å²) >= 11 is 1.55. The second kappa shape index (κ2) is 10.4. The number of aromatic nitrogens is 1. The SMILES string of the molecule is CCN(CC)CCN(C(=O)CCc1ccccc1)c1nc2ccc(OC)cc2s1. The molecule has 0 atom stereocenters. The Labute approximate surface area is 176 Å². The van der Waals surface area contributed by atoms with Crippen LogP contribution in [-0.2, 0) is 11.2 Å². The van der Waals surface area contributed by atoms with Crippen LogP contribution in [0.15, 0.2) is 48.5 Å². The van der Waals surface area contributed by atoms with E-state index in [1.165, 1.54) is 5.56 Å². The average Bonchev–Trinajstić information content (AvgIpc) is 3.18. The fourth-order valence-electron chi connectivity index (χ4n) is 3.27. The molecule has 0 fully saturated rings. The Kier molecular flexibility index (Phi) is 7.61. The number of fused-ring (bicyclic) bond motifs is 1. The summed E-state index contributed by atoms with van der Waals surface area (Å²) in [5, 5.41) is 0.762. The minimum atomic E-state index is 0.118. The average molecular weight is 412 g/mol. The van der Waals surface area contributed by atoms with Crippen LogP contribution in [0.1, 0.15) is 25.8 Å². The van der Waals surface area contributed by atoms with Crippen molar-refractivity contribution in [3.8, 4) is 5.75 Å². The zero-order valence-electron chi connectivity index (χ0n) is 17.4. The first-order chi connectivity index (χ1) is 14.1. The third-order valence-electron chi connectivity index (χ3n) is 5.12. The fraction of sp³-hybridized carbons (Fsp3) is 0.391. The normalized spacial score (nSPS) is 11.2. The van der Waals surface area contributed by atoms with E-state index in [2.05, 4.69) is 30.9 Å². The van der Waals surface area contributed by atoms with Crippen LogP contribution in [0.25, 0.3) is 10.2 Å². The van der Waals surface area contributed by atoms with Crippen molar-refractivity contribution in [1.29, 1.82) is 0 Å². The predicted octanol–water partition coefficient (Wildman–Crippen LogP) is 4.61. The maximum Gasteiger partial charge on any atom is 0.229 e. The molecule has 0 aliphatic heterocycles. The Hall–Kier alpha value is -2.44. The first kappa shape index (κ1) is 21.3. The lowest BCUT2D eigenvalue weighted by Gasteiger charge is -2.24. The van der Waals surface area contributed by atoms with Gasteiger partial charge >= 0.3 is 0 Å². The molecule has 0 saturated heterocycles. The summed E-state index contributed by atoms with van der Waals surface area (Å²) in [7, 11) is 1.66. The van der Waals surface area contributed by atoms with Crippen LogP contribution in [0.2, 0.25) is 0 Å². The van der Waals surface area contributed by atoms with Crippen LogP contribution in [0.4, 0.5) is 5.13 Å². The molecule has 5 nitrogen and oxygen atoms in total. The van der Waals surface area contributed by atoms with Gasteiger partial charge in [-0.25, -0.2) is 4.98 Å². The number of likely N-dealkylation sites (N-methyl/N-ethyl adjacent to an activating group) is 1. The van der Waals surface area contributed by atoms with Gasteiger partial charge in [0.15, 0.2) is 5.13 Å². The minimum Gasteiger partial charge on any atom is -0.497 e. The molecule has 1 aromatic heterocycles. The lowest BCUT2D eigenvalue weighted by Crippen LogP contribution is -2.39. The van der Waals surface area contributed by atoms with Crippen molar-refractivity contribution in [2.45, 2.75) is 26.7 Å². The van der Waals surface area contributed by atoms with E-state index in [4.69, 9.17) is 9.72 Å². The number of rotatable bonds is 10. The van der Waals surface area contributed by atoms with E-state index < -0.39 is 0 Å². The summed E-state index contributed by atoms with van der Waals surface area (Å²) < 4.78 is 6.36. The Bertz CT molecular complexity index is 922. The maximum absolute atomic E-state index is 13.2.